The van der Waals surface area contributed by atoms with Crippen LogP contribution >= 0.6 is 0 Å². The third kappa shape index (κ3) is 1.64. The minimum atomic E-state index is -0.0542. The van der Waals surface area contributed by atoms with Gasteiger partial charge in [0.25, 0.3) is 0 Å². The first-order chi connectivity index (χ1) is 5.75. The van der Waals surface area contributed by atoms with Gasteiger partial charge in [0.15, 0.2) is 0 Å². The van der Waals surface area contributed by atoms with E-state index in [1.165, 1.54) is 0 Å². The topological polar surface area (TPSA) is 40.5 Å². The summed E-state index contributed by atoms with van der Waals surface area (Å²) >= 11 is 0. The summed E-state index contributed by atoms with van der Waals surface area (Å²) in [5.41, 5.74) is 0. The van der Waals surface area contributed by atoms with E-state index in [9.17, 15) is 10.2 Å². The van der Waals surface area contributed by atoms with Gasteiger partial charge in [-0.25, -0.2) is 0 Å². The molecule has 0 spiro atoms. The van der Waals surface area contributed by atoms with E-state index in [1.807, 2.05) is 0 Å². The average Bonchev–Trinajstić information content (AvgIpc) is 2.05. The quantitative estimate of drug-likeness (QED) is 0.575. The molecule has 2 heteroatoms. The maximum absolute atomic E-state index is 9.45. The third-order valence-corrected chi connectivity index (χ3v) is 3.56. The molecule has 0 aromatic rings. The molecule has 2 aliphatic carbocycles. The molecule has 0 radical (unpaired) electrons. The first-order valence-electron chi connectivity index (χ1n) is 5.12. The largest absolute Gasteiger partial charge is 0.393 e. The highest BCUT2D eigenvalue weighted by molar-refractivity contribution is 4.85. The van der Waals surface area contributed by atoms with Gasteiger partial charge in [0.1, 0.15) is 0 Å². The van der Waals surface area contributed by atoms with Crippen LogP contribution in [0, 0.1) is 11.8 Å². The molecule has 0 heterocycles. The van der Waals surface area contributed by atoms with Crippen LogP contribution in [-0.2, 0) is 0 Å². The predicted octanol–water partition coefficient (Wildman–Crippen LogP) is 1.31. The Morgan fingerprint density at radius 2 is 1.08 bits per heavy atom. The number of aliphatic hydroxyl groups excluding tert-OH is 2. The minimum Gasteiger partial charge on any atom is -0.393 e. The summed E-state index contributed by atoms with van der Waals surface area (Å²) in [6.07, 6.45) is 6.02. The van der Waals surface area contributed by atoms with Gasteiger partial charge in [0, 0.05) is 0 Å². The first kappa shape index (κ1) is 8.52. The highest BCUT2D eigenvalue weighted by Gasteiger charge is 2.34. The molecule has 0 bridgehead atoms. The fourth-order valence-electron chi connectivity index (χ4n) is 2.84. The molecule has 2 unspecified atom stereocenters. The van der Waals surface area contributed by atoms with Crippen LogP contribution in [0.4, 0.5) is 0 Å². The Morgan fingerprint density at radius 3 is 1.50 bits per heavy atom. The van der Waals surface area contributed by atoms with Crippen LogP contribution in [0.25, 0.3) is 0 Å². The summed E-state index contributed by atoms with van der Waals surface area (Å²) in [7, 11) is 0. The third-order valence-electron chi connectivity index (χ3n) is 3.56. The van der Waals surface area contributed by atoms with E-state index in [0.29, 0.717) is 11.8 Å². The lowest BCUT2D eigenvalue weighted by Gasteiger charge is -2.39. The van der Waals surface area contributed by atoms with Crippen molar-refractivity contribution in [3.05, 3.63) is 0 Å². The van der Waals surface area contributed by atoms with Crippen LogP contribution in [0.1, 0.15) is 38.5 Å². The van der Waals surface area contributed by atoms with E-state index in [4.69, 9.17) is 0 Å². The molecule has 4 atom stereocenters. The average molecular weight is 170 g/mol. The van der Waals surface area contributed by atoms with Crippen molar-refractivity contribution in [1.82, 2.24) is 0 Å². The Hall–Kier alpha value is -0.0800. The molecule has 0 saturated heterocycles. The van der Waals surface area contributed by atoms with Gasteiger partial charge < -0.3 is 10.2 Å². The van der Waals surface area contributed by atoms with Gasteiger partial charge in [0.2, 0.25) is 0 Å². The monoisotopic (exact) mass is 170 g/mol. The van der Waals surface area contributed by atoms with E-state index in [0.717, 1.165) is 38.5 Å². The summed E-state index contributed by atoms with van der Waals surface area (Å²) in [5.74, 6) is 1.41. The van der Waals surface area contributed by atoms with Gasteiger partial charge in [-0.2, -0.15) is 0 Å². The van der Waals surface area contributed by atoms with Crippen molar-refractivity contribution < 1.29 is 10.2 Å². The van der Waals surface area contributed by atoms with Crippen molar-refractivity contribution >= 4 is 0 Å². The summed E-state index contributed by atoms with van der Waals surface area (Å²) in [5, 5.41) is 18.9. The Morgan fingerprint density at radius 1 is 0.667 bits per heavy atom. The zero-order valence-electron chi connectivity index (χ0n) is 7.45. The highest BCUT2D eigenvalue weighted by atomic mass is 16.3. The molecule has 12 heavy (non-hydrogen) atoms. The first-order valence-corrected chi connectivity index (χ1v) is 5.12. The standard InChI is InChI=1S/C10H18O2/c11-9-3-1-7-5-10(12)4-2-8(7)6-9/h7-12H,1-6H2/t7-,8+,9?,10?. The molecule has 0 aliphatic heterocycles. The molecule has 0 aromatic carbocycles. The van der Waals surface area contributed by atoms with Gasteiger partial charge in [0.05, 0.1) is 12.2 Å². The van der Waals surface area contributed by atoms with Crippen molar-refractivity contribution in [2.24, 2.45) is 11.8 Å². The maximum atomic E-state index is 9.45. The van der Waals surface area contributed by atoms with Crippen LogP contribution in [0.5, 0.6) is 0 Å². The molecule has 70 valence electrons. The SMILES string of the molecule is OC1CC[C@H]2CC(O)CC[C@@H]2C1. The summed E-state index contributed by atoms with van der Waals surface area (Å²) in [6, 6.07) is 0. The van der Waals surface area contributed by atoms with Crippen molar-refractivity contribution in [2.45, 2.75) is 50.7 Å². The van der Waals surface area contributed by atoms with Crippen molar-refractivity contribution in [3.63, 3.8) is 0 Å². The van der Waals surface area contributed by atoms with Gasteiger partial charge in [-0.05, 0) is 50.4 Å². The lowest BCUT2D eigenvalue weighted by molar-refractivity contribution is 0.00480. The number of hydrogen-bond donors (Lipinski definition) is 2. The van der Waals surface area contributed by atoms with E-state index in [1.54, 1.807) is 0 Å². The molecule has 2 fully saturated rings. The number of aliphatic hydroxyl groups is 2. The summed E-state index contributed by atoms with van der Waals surface area (Å²) < 4.78 is 0. The van der Waals surface area contributed by atoms with E-state index in [2.05, 4.69) is 0 Å². The van der Waals surface area contributed by atoms with Crippen LogP contribution < -0.4 is 0 Å². The van der Waals surface area contributed by atoms with Crippen molar-refractivity contribution in [1.29, 1.82) is 0 Å². The van der Waals surface area contributed by atoms with Crippen LogP contribution in [0.2, 0.25) is 0 Å². The molecule has 0 aromatic heterocycles. The molecule has 2 rings (SSSR count). The van der Waals surface area contributed by atoms with Gasteiger partial charge >= 0.3 is 0 Å². The number of hydrogen-bond acceptors (Lipinski definition) is 2. The van der Waals surface area contributed by atoms with Crippen molar-refractivity contribution in [2.75, 3.05) is 0 Å². The van der Waals surface area contributed by atoms with Gasteiger partial charge in [-0.3, -0.25) is 0 Å². The zero-order valence-corrected chi connectivity index (χ0v) is 7.45. The number of fused-ring (bicyclic) bond motifs is 1. The molecule has 2 N–H and O–H groups in total. The summed E-state index contributed by atoms with van der Waals surface area (Å²) in [6.45, 7) is 0. The van der Waals surface area contributed by atoms with Crippen molar-refractivity contribution in [3.8, 4) is 0 Å². The second kappa shape index (κ2) is 3.35. The lowest BCUT2D eigenvalue weighted by Crippen LogP contribution is -2.34. The summed E-state index contributed by atoms with van der Waals surface area (Å²) in [4.78, 5) is 0. The fraction of sp³-hybridized carbons (Fsp3) is 1.00. The van der Waals surface area contributed by atoms with Crippen LogP contribution in [0.15, 0.2) is 0 Å². The van der Waals surface area contributed by atoms with Gasteiger partial charge in [-0.15, -0.1) is 0 Å². The van der Waals surface area contributed by atoms with E-state index >= 15 is 0 Å². The smallest absolute Gasteiger partial charge is 0.0543 e. The molecular weight excluding hydrogens is 152 g/mol. The molecule has 0 amide bonds. The van der Waals surface area contributed by atoms with Gasteiger partial charge in [-0.1, -0.05) is 0 Å². The fourth-order valence-corrected chi connectivity index (χ4v) is 2.84. The Bertz CT molecular complexity index is 140. The normalized spacial score (nSPS) is 48.5. The molecule has 2 aliphatic rings. The minimum absolute atomic E-state index is 0.0542. The second-order valence-corrected chi connectivity index (χ2v) is 4.45. The molecular formula is C10H18O2. The van der Waals surface area contributed by atoms with E-state index < -0.39 is 0 Å². The second-order valence-electron chi connectivity index (χ2n) is 4.45. The Labute approximate surface area is 73.6 Å². The lowest BCUT2D eigenvalue weighted by atomic mass is 9.69. The maximum Gasteiger partial charge on any atom is 0.0543 e. The van der Waals surface area contributed by atoms with Crippen LogP contribution in [-0.4, -0.2) is 22.4 Å². The number of rotatable bonds is 0. The highest BCUT2D eigenvalue weighted by Crippen LogP contribution is 2.40. The molecule has 2 nitrogen and oxygen atoms in total. The zero-order chi connectivity index (χ0) is 8.55. The van der Waals surface area contributed by atoms with Crippen LogP contribution in [0.3, 0.4) is 0 Å². The Kier molecular flexibility index (Phi) is 2.37. The molecule has 2 saturated carbocycles. The van der Waals surface area contributed by atoms with E-state index in [-0.39, 0.29) is 12.2 Å². The predicted molar refractivity (Wildman–Crippen MR) is 46.7 cm³/mol. The Balaban J connectivity index is 1.94.